The Morgan fingerprint density at radius 3 is 3.13 bits per heavy atom. The predicted octanol–water partition coefficient (Wildman–Crippen LogP) is 1.59. The fourth-order valence-corrected chi connectivity index (χ4v) is 2.58. The second-order valence-corrected chi connectivity index (χ2v) is 4.49. The van der Waals surface area contributed by atoms with E-state index < -0.39 is 0 Å². The molecule has 0 amide bonds. The molecule has 4 heteroatoms. The van der Waals surface area contributed by atoms with Gasteiger partial charge >= 0.3 is 5.97 Å². The van der Waals surface area contributed by atoms with Crippen molar-refractivity contribution < 1.29 is 9.53 Å². The summed E-state index contributed by atoms with van der Waals surface area (Å²) in [5.41, 5.74) is 0. The molecule has 0 aromatic rings. The fraction of sp³-hybridized carbons (Fsp3) is 0.364. The van der Waals surface area contributed by atoms with Gasteiger partial charge in [-0.25, -0.2) is 4.79 Å². The molecule has 1 heterocycles. The number of thioether (sulfide) groups is 1. The number of rotatable bonds is 2. The number of esters is 1. The second kappa shape index (κ2) is 4.57. The van der Waals surface area contributed by atoms with Crippen LogP contribution in [0.4, 0.5) is 0 Å². The molecule has 1 aliphatic heterocycles. The molecule has 80 valence electrons. The Kier molecular flexibility index (Phi) is 3.16. The third-order valence-electron chi connectivity index (χ3n) is 2.23. The van der Waals surface area contributed by atoms with Gasteiger partial charge in [0.15, 0.2) is 0 Å². The number of nitrogens with one attached hydrogen (secondary N) is 1. The molecule has 0 spiro atoms. The van der Waals surface area contributed by atoms with Gasteiger partial charge in [-0.1, -0.05) is 24.3 Å². The summed E-state index contributed by atoms with van der Waals surface area (Å²) >= 11 is 1.55. The number of hydrogen-bond donors (Lipinski definition) is 1. The maximum absolute atomic E-state index is 11.5. The van der Waals surface area contributed by atoms with Crippen LogP contribution in [0, 0.1) is 0 Å². The summed E-state index contributed by atoms with van der Waals surface area (Å²) in [5, 5.41) is 3.48. The molecule has 15 heavy (non-hydrogen) atoms. The molecule has 0 bridgehead atoms. The quantitative estimate of drug-likeness (QED) is 0.721. The average Bonchev–Trinajstić information content (AvgIpc) is 2.29. The fourth-order valence-electron chi connectivity index (χ4n) is 1.51. The van der Waals surface area contributed by atoms with Crippen LogP contribution in [-0.4, -0.2) is 23.9 Å². The molecular formula is C11H13NO2S. The zero-order chi connectivity index (χ0) is 10.7. The van der Waals surface area contributed by atoms with Crippen molar-refractivity contribution in [2.45, 2.75) is 18.2 Å². The molecular weight excluding hydrogens is 210 g/mol. The van der Waals surface area contributed by atoms with E-state index in [1.165, 1.54) is 0 Å². The maximum atomic E-state index is 11.5. The van der Waals surface area contributed by atoms with Crippen LogP contribution < -0.4 is 5.32 Å². The van der Waals surface area contributed by atoms with Gasteiger partial charge in [0.05, 0.1) is 17.9 Å². The van der Waals surface area contributed by atoms with E-state index in [0.29, 0.717) is 16.8 Å². The molecule has 0 fully saturated rings. The second-order valence-electron chi connectivity index (χ2n) is 3.27. The van der Waals surface area contributed by atoms with Crippen molar-refractivity contribution in [3.05, 3.63) is 35.4 Å². The van der Waals surface area contributed by atoms with Gasteiger partial charge < -0.3 is 10.1 Å². The minimum atomic E-state index is -0.239. The van der Waals surface area contributed by atoms with E-state index in [1.54, 1.807) is 18.0 Å². The molecule has 0 unspecified atom stereocenters. The molecule has 0 aromatic heterocycles. The van der Waals surface area contributed by atoms with Crippen LogP contribution >= 0.6 is 11.8 Å². The van der Waals surface area contributed by atoms with Crippen molar-refractivity contribution in [2.24, 2.45) is 0 Å². The van der Waals surface area contributed by atoms with Gasteiger partial charge in [-0.3, -0.25) is 0 Å². The molecule has 0 saturated carbocycles. The minimum absolute atomic E-state index is 0.239. The minimum Gasteiger partial charge on any atom is -0.462 e. The first-order chi connectivity index (χ1) is 7.31. The van der Waals surface area contributed by atoms with Gasteiger partial charge in [0, 0.05) is 6.20 Å². The third-order valence-corrected chi connectivity index (χ3v) is 3.49. The number of hydrogen-bond acceptors (Lipinski definition) is 4. The Hall–Kier alpha value is -1.16. The van der Waals surface area contributed by atoms with Crippen LogP contribution in [0.25, 0.3) is 0 Å². The summed E-state index contributed by atoms with van der Waals surface area (Å²) in [4.78, 5) is 12.1. The van der Waals surface area contributed by atoms with Crippen molar-refractivity contribution in [1.29, 1.82) is 0 Å². The standard InChI is InChI=1S/C11H13NO2S/c1-2-14-11(13)10-7-12-8-5-3-4-6-9(8)15-10/h3-9,12H,2H2,1H3/t8-,9-/m1/s1. The van der Waals surface area contributed by atoms with Gasteiger partial charge in [-0.2, -0.15) is 0 Å². The summed E-state index contributed by atoms with van der Waals surface area (Å²) in [7, 11) is 0. The normalized spacial score (nSPS) is 27.7. The Balaban J connectivity index is 2.05. The summed E-state index contributed by atoms with van der Waals surface area (Å²) in [6.07, 6.45) is 9.94. The van der Waals surface area contributed by atoms with Gasteiger partial charge in [0.1, 0.15) is 4.91 Å². The van der Waals surface area contributed by atoms with E-state index in [1.807, 2.05) is 19.1 Å². The third kappa shape index (κ3) is 2.26. The van der Waals surface area contributed by atoms with Crippen LogP contribution in [-0.2, 0) is 9.53 Å². The maximum Gasteiger partial charge on any atom is 0.346 e. The predicted molar refractivity (Wildman–Crippen MR) is 61.3 cm³/mol. The first kappa shape index (κ1) is 10.4. The largest absolute Gasteiger partial charge is 0.462 e. The topological polar surface area (TPSA) is 38.3 Å². The molecule has 0 saturated heterocycles. The van der Waals surface area contributed by atoms with E-state index in [4.69, 9.17) is 4.74 Å². The molecule has 1 aliphatic carbocycles. The van der Waals surface area contributed by atoms with E-state index in [0.717, 1.165) is 0 Å². The van der Waals surface area contributed by atoms with Crippen LogP contribution in [0.3, 0.4) is 0 Å². The lowest BCUT2D eigenvalue weighted by Gasteiger charge is -2.28. The lowest BCUT2D eigenvalue weighted by atomic mass is 10.1. The summed E-state index contributed by atoms with van der Waals surface area (Å²) < 4.78 is 4.95. The van der Waals surface area contributed by atoms with Gasteiger partial charge in [0.25, 0.3) is 0 Å². The van der Waals surface area contributed by atoms with Gasteiger partial charge in [-0.05, 0) is 6.92 Å². The molecule has 2 rings (SSSR count). The van der Waals surface area contributed by atoms with E-state index in [9.17, 15) is 4.79 Å². The Morgan fingerprint density at radius 1 is 1.53 bits per heavy atom. The first-order valence-electron chi connectivity index (χ1n) is 4.96. The molecule has 2 aliphatic rings. The molecule has 1 N–H and O–H groups in total. The first-order valence-corrected chi connectivity index (χ1v) is 5.84. The van der Waals surface area contributed by atoms with Crippen LogP contribution in [0.1, 0.15) is 6.92 Å². The monoisotopic (exact) mass is 223 g/mol. The number of ether oxygens (including phenoxy) is 1. The van der Waals surface area contributed by atoms with Crippen LogP contribution in [0.2, 0.25) is 0 Å². The highest BCUT2D eigenvalue weighted by Gasteiger charge is 2.27. The lowest BCUT2D eigenvalue weighted by molar-refractivity contribution is -0.137. The number of fused-ring (bicyclic) bond motifs is 1. The van der Waals surface area contributed by atoms with Crippen molar-refractivity contribution in [3.63, 3.8) is 0 Å². The van der Waals surface area contributed by atoms with Crippen molar-refractivity contribution in [2.75, 3.05) is 6.61 Å². The molecule has 2 atom stereocenters. The highest BCUT2D eigenvalue weighted by atomic mass is 32.2. The van der Waals surface area contributed by atoms with Gasteiger partial charge in [-0.15, -0.1) is 11.8 Å². The van der Waals surface area contributed by atoms with Crippen molar-refractivity contribution in [1.82, 2.24) is 5.32 Å². The van der Waals surface area contributed by atoms with E-state index in [2.05, 4.69) is 17.5 Å². The summed E-state index contributed by atoms with van der Waals surface area (Å²) in [5.74, 6) is -0.239. The highest BCUT2D eigenvalue weighted by molar-refractivity contribution is 8.04. The lowest BCUT2D eigenvalue weighted by Crippen LogP contribution is -2.37. The Labute approximate surface area is 93.3 Å². The summed E-state index contributed by atoms with van der Waals surface area (Å²) in [6.45, 7) is 2.23. The SMILES string of the molecule is CCOC(=O)C1=CN[C@@H]2C=CC=C[C@H]2S1. The highest BCUT2D eigenvalue weighted by Crippen LogP contribution is 2.31. The number of carbonyl (C=O) groups is 1. The molecule has 0 radical (unpaired) electrons. The van der Waals surface area contributed by atoms with Gasteiger partial charge in [0.2, 0.25) is 0 Å². The zero-order valence-corrected chi connectivity index (χ0v) is 9.29. The summed E-state index contributed by atoms with van der Waals surface area (Å²) in [6, 6.07) is 0.290. The molecule has 0 aromatic carbocycles. The Morgan fingerprint density at radius 2 is 2.33 bits per heavy atom. The molecule has 3 nitrogen and oxygen atoms in total. The number of carbonyl (C=O) groups excluding carboxylic acids is 1. The van der Waals surface area contributed by atoms with Crippen molar-refractivity contribution >= 4 is 17.7 Å². The average molecular weight is 223 g/mol. The van der Waals surface area contributed by atoms with E-state index >= 15 is 0 Å². The Bertz CT molecular complexity index is 346. The van der Waals surface area contributed by atoms with Crippen molar-refractivity contribution in [3.8, 4) is 0 Å². The van der Waals surface area contributed by atoms with Crippen LogP contribution in [0.5, 0.6) is 0 Å². The van der Waals surface area contributed by atoms with Crippen LogP contribution in [0.15, 0.2) is 35.4 Å². The zero-order valence-electron chi connectivity index (χ0n) is 8.47. The van der Waals surface area contributed by atoms with E-state index in [-0.39, 0.29) is 12.0 Å². The number of allylic oxidation sites excluding steroid dienone is 2. The smallest absolute Gasteiger partial charge is 0.346 e.